The summed E-state index contributed by atoms with van der Waals surface area (Å²) in [5.41, 5.74) is 2.91. The molecule has 0 N–H and O–H groups in total. The minimum absolute atomic E-state index is 0.791. The second-order valence-electron chi connectivity index (χ2n) is 7.61. The zero-order valence-corrected chi connectivity index (χ0v) is 15.6. The van der Waals surface area contributed by atoms with Gasteiger partial charge in [0.1, 0.15) is 0 Å². The molecule has 0 saturated heterocycles. The van der Waals surface area contributed by atoms with Gasteiger partial charge < -0.3 is 0 Å². The van der Waals surface area contributed by atoms with Crippen LogP contribution < -0.4 is 0 Å². The molecular weight excluding hydrogens is 294 g/mol. The molecule has 0 heterocycles. The molecule has 0 unspecified atom stereocenters. The van der Waals surface area contributed by atoms with Crippen LogP contribution in [0.3, 0.4) is 0 Å². The van der Waals surface area contributed by atoms with Crippen molar-refractivity contribution >= 4 is 20.8 Å². The quantitative estimate of drug-likeness (QED) is 0.421. The summed E-state index contributed by atoms with van der Waals surface area (Å²) in [4.78, 5) is 0. The molecular formula is C21H31BP. The molecule has 1 aromatic carbocycles. The summed E-state index contributed by atoms with van der Waals surface area (Å²) in [5.74, 6) is 0. The number of hydrogen-bond acceptors (Lipinski definition) is 0. The normalized spacial score (nSPS) is 22.3. The van der Waals surface area contributed by atoms with Gasteiger partial charge in [0.2, 0.25) is 0 Å². The van der Waals surface area contributed by atoms with Crippen LogP contribution in [0.2, 0.25) is 0 Å². The first-order chi connectivity index (χ1) is 11.2. The molecule has 2 saturated carbocycles. The van der Waals surface area contributed by atoms with E-state index in [2.05, 4.69) is 43.3 Å². The van der Waals surface area contributed by atoms with E-state index in [0.717, 1.165) is 11.3 Å². The minimum Gasteiger partial charge on any atom is -0.299 e. The lowest BCUT2D eigenvalue weighted by atomic mass is 9.99. The summed E-state index contributed by atoms with van der Waals surface area (Å²) in [6, 6.07) is 10.8. The highest BCUT2D eigenvalue weighted by Crippen LogP contribution is 2.74. The van der Waals surface area contributed by atoms with Crippen molar-refractivity contribution in [2.75, 3.05) is 0 Å². The maximum atomic E-state index is 7.38. The SMILES string of the molecule is [B-][P+](/C(C)=C/c1ccccc1)(C1CCCCC1)C1CCCCC1. The zero-order valence-electron chi connectivity index (χ0n) is 14.7. The third-order valence-corrected chi connectivity index (χ3v) is 10.9. The van der Waals surface area contributed by atoms with Crippen LogP contribution in [0.4, 0.5) is 0 Å². The van der Waals surface area contributed by atoms with Crippen molar-refractivity contribution in [3.05, 3.63) is 41.2 Å². The molecule has 0 amide bonds. The molecule has 123 valence electrons. The number of allylic oxidation sites excluding steroid dienone is 1. The van der Waals surface area contributed by atoms with Gasteiger partial charge in [0.05, 0.1) is 0 Å². The van der Waals surface area contributed by atoms with Crippen molar-refractivity contribution in [1.29, 1.82) is 0 Å². The molecule has 2 heteroatoms. The van der Waals surface area contributed by atoms with E-state index in [1.54, 1.807) is 0 Å². The Morgan fingerprint density at radius 1 is 0.870 bits per heavy atom. The fourth-order valence-electron chi connectivity index (χ4n) is 4.79. The molecule has 0 bridgehead atoms. The first-order valence-electron chi connectivity index (χ1n) is 9.62. The van der Waals surface area contributed by atoms with E-state index in [-0.39, 0.29) is 0 Å². The molecule has 2 aliphatic rings. The molecule has 3 rings (SSSR count). The Balaban J connectivity index is 1.91. The molecule has 0 nitrogen and oxygen atoms in total. The van der Waals surface area contributed by atoms with Crippen LogP contribution in [-0.2, 0) is 0 Å². The Kier molecular flexibility index (Phi) is 6.03. The lowest BCUT2D eigenvalue weighted by molar-refractivity contribution is 0.484. The highest BCUT2D eigenvalue weighted by atomic mass is 31.2. The van der Waals surface area contributed by atoms with Crippen molar-refractivity contribution in [2.24, 2.45) is 0 Å². The van der Waals surface area contributed by atoms with Gasteiger partial charge in [-0.3, -0.25) is 7.57 Å². The van der Waals surface area contributed by atoms with Crippen molar-refractivity contribution < 1.29 is 0 Å². The Labute approximate surface area is 144 Å². The van der Waals surface area contributed by atoms with Gasteiger partial charge in [-0.2, -0.15) is 0 Å². The Morgan fingerprint density at radius 2 is 1.35 bits per heavy atom. The monoisotopic (exact) mass is 325 g/mol. The molecule has 0 aromatic heterocycles. The molecule has 2 aliphatic carbocycles. The molecule has 0 spiro atoms. The predicted octanol–water partition coefficient (Wildman–Crippen LogP) is 6.81. The van der Waals surface area contributed by atoms with Gasteiger partial charge >= 0.3 is 0 Å². The van der Waals surface area contributed by atoms with E-state index in [0.29, 0.717) is 0 Å². The summed E-state index contributed by atoms with van der Waals surface area (Å²) >= 11 is 0. The van der Waals surface area contributed by atoms with Gasteiger partial charge in [-0.1, -0.05) is 43.2 Å². The molecule has 1 aromatic rings. The van der Waals surface area contributed by atoms with Gasteiger partial charge in [-0.05, 0) is 69.9 Å². The molecule has 0 aliphatic heterocycles. The van der Waals surface area contributed by atoms with Gasteiger partial charge in [-0.15, -0.1) is 0 Å². The van der Waals surface area contributed by atoms with Crippen molar-refractivity contribution in [2.45, 2.75) is 82.4 Å². The van der Waals surface area contributed by atoms with Gasteiger partial charge in [0, 0.05) is 16.6 Å². The average Bonchev–Trinajstić information content (AvgIpc) is 2.63. The zero-order chi connectivity index (χ0) is 16.1. The van der Waals surface area contributed by atoms with Crippen LogP contribution in [0.15, 0.2) is 35.6 Å². The third kappa shape index (κ3) is 3.93. The van der Waals surface area contributed by atoms with Gasteiger partial charge in [0.25, 0.3) is 0 Å². The number of rotatable bonds is 4. The smallest absolute Gasteiger partial charge is 0.0267 e. The van der Waals surface area contributed by atoms with Crippen LogP contribution in [0.1, 0.15) is 76.7 Å². The largest absolute Gasteiger partial charge is 0.299 e. The first kappa shape index (κ1) is 17.3. The molecule has 0 atom stereocenters. The fourth-order valence-corrected chi connectivity index (χ4v) is 9.35. The first-order valence-corrected chi connectivity index (χ1v) is 11.6. The summed E-state index contributed by atoms with van der Waals surface area (Å²) in [6.07, 6.45) is 16.3. The Morgan fingerprint density at radius 3 is 1.83 bits per heavy atom. The van der Waals surface area contributed by atoms with Crippen molar-refractivity contribution in [3.8, 4) is 0 Å². The second-order valence-corrected chi connectivity index (χ2v) is 11.4. The van der Waals surface area contributed by atoms with E-state index in [9.17, 15) is 0 Å². The highest BCUT2D eigenvalue weighted by molar-refractivity contribution is 8.01. The van der Waals surface area contributed by atoms with Crippen molar-refractivity contribution in [3.63, 3.8) is 0 Å². The Hall–Kier alpha value is -0.545. The van der Waals surface area contributed by atoms with E-state index in [1.165, 1.54) is 75.1 Å². The second kappa shape index (κ2) is 8.02. The minimum atomic E-state index is -1.52. The maximum absolute atomic E-state index is 7.38. The Bertz CT molecular complexity index is 492. The van der Waals surface area contributed by atoms with E-state index in [1.807, 2.05) is 0 Å². The van der Waals surface area contributed by atoms with Gasteiger partial charge in [-0.25, -0.2) is 7.14 Å². The van der Waals surface area contributed by atoms with Crippen LogP contribution >= 0.6 is 7.14 Å². The summed E-state index contributed by atoms with van der Waals surface area (Å²) in [6.45, 7) is 2.35. The lowest BCUT2D eigenvalue weighted by Crippen LogP contribution is -2.28. The lowest BCUT2D eigenvalue weighted by Gasteiger charge is -2.52. The van der Waals surface area contributed by atoms with E-state index < -0.39 is 7.14 Å². The molecule has 23 heavy (non-hydrogen) atoms. The number of hydrogen-bond donors (Lipinski definition) is 0. The standard InChI is InChI=1S/C21H31BP/c1-18(17-19-11-5-2-6-12-19)23(22,20-13-7-3-8-14-20)21-15-9-4-10-16-21/h2,5-6,11-12,17,20-21H,3-4,7-10,13-16H2,1H3/b18-17+. The highest BCUT2D eigenvalue weighted by Gasteiger charge is 2.39. The van der Waals surface area contributed by atoms with E-state index in [4.69, 9.17) is 7.57 Å². The van der Waals surface area contributed by atoms with Crippen LogP contribution in [0, 0.1) is 0 Å². The topological polar surface area (TPSA) is 0 Å². The molecule has 2 fully saturated rings. The van der Waals surface area contributed by atoms with E-state index >= 15 is 0 Å². The van der Waals surface area contributed by atoms with Gasteiger partial charge in [0.15, 0.2) is 0 Å². The average molecular weight is 325 g/mol. The van der Waals surface area contributed by atoms with Crippen LogP contribution in [-0.4, -0.2) is 18.9 Å². The van der Waals surface area contributed by atoms with Crippen molar-refractivity contribution in [1.82, 2.24) is 0 Å². The fraction of sp³-hybridized carbons (Fsp3) is 0.619. The number of benzene rings is 1. The van der Waals surface area contributed by atoms with Crippen LogP contribution in [0.25, 0.3) is 6.08 Å². The summed E-state index contributed by atoms with van der Waals surface area (Å²) in [5, 5.41) is 1.53. The maximum Gasteiger partial charge on any atom is 0.0267 e. The third-order valence-electron chi connectivity index (χ3n) is 6.14. The predicted molar refractivity (Wildman–Crippen MR) is 107 cm³/mol. The van der Waals surface area contributed by atoms with Crippen LogP contribution in [0.5, 0.6) is 0 Å². The summed E-state index contributed by atoms with van der Waals surface area (Å²) in [7, 11) is 5.87. The molecule has 3 radical (unpaired) electrons. The summed E-state index contributed by atoms with van der Waals surface area (Å²) < 4.78 is 0.